The molecule has 1 aromatic rings. The summed E-state index contributed by atoms with van der Waals surface area (Å²) in [6.45, 7) is 1.29. The van der Waals surface area contributed by atoms with Crippen LogP contribution in [0.2, 0.25) is 0 Å². The van der Waals surface area contributed by atoms with Gasteiger partial charge in [-0.05, 0) is 25.0 Å². The average molecular weight is 359 g/mol. The number of hydrogen-bond donors (Lipinski definition) is 1. The predicted octanol–water partition coefficient (Wildman–Crippen LogP) is 2.27. The van der Waals surface area contributed by atoms with E-state index in [-0.39, 0.29) is 23.8 Å². The largest absolute Gasteiger partial charge is 0.467 e. The summed E-state index contributed by atoms with van der Waals surface area (Å²) in [7, 11) is 0. The van der Waals surface area contributed by atoms with Gasteiger partial charge in [0.1, 0.15) is 11.3 Å². The minimum absolute atomic E-state index is 0.0203. The molecule has 4 rings (SSSR count). The van der Waals surface area contributed by atoms with Crippen molar-refractivity contribution in [3.05, 3.63) is 24.2 Å². The van der Waals surface area contributed by atoms with E-state index >= 15 is 0 Å². The molecule has 0 aromatic carbocycles. The predicted molar refractivity (Wildman–Crippen MR) is 92.9 cm³/mol. The third-order valence-electron chi connectivity index (χ3n) is 5.87. The molecule has 0 radical (unpaired) electrons. The number of likely N-dealkylation sites (tertiary alicyclic amines) is 1. The summed E-state index contributed by atoms with van der Waals surface area (Å²) in [6.07, 6.45) is 7.58. The first-order chi connectivity index (χ1) is 12.6. The minimum Gasteiger partial charge on any atom is -0.467 e. The Balaban J connectivity index is 1.40. The maximum Gasteiger partial charge on any atom is 0.325 e. The Morgan fingerprint density at radius 2 is 1.92 bits per heavy atom. The Bertz CT molecular complexity index is 692. The molecule has 140 valence electrons. The van der Waals surface area contributed by atoms with E-state index < -0.39 is 5.54 Å². The smallest absolute Gasteiger partial charge is 0.325 e. The van der Waals surface area contributed by atoms with E-state index in [9.17, 15) is 14.4 Å². The van der Waals surface area contributed by atoms with E-state index in [4.69, 9.17) is 4.42 Å². The van der Waals surface area contributed by atoms with Crippen molar-refractivity contribution < 1.29 is 18.8 Å². The Morgan fingerprint density at radius 3 is 2.62 bits per heavy atom. The van der Waals surface area contributed by atoms with Gasteiger partial charge in [0.05, 0.1) is 12.8 Å². The molecule has 1 N–H and O–H groups in total. The number of imide groups is 1. The van der Waals surface area contributed by atoms with Gasteiger partial charge in [-0.3, -0.25) is 14.5 Å². The van der Waals surface area contributed by atoms with Crippen LogP contribution in [0.3, 0.4) is 0 Å². The summed E-state index contributed by atoms with van der Waals surface area (Å²) in [5.41, 5.74) is -0.704. The number of carbonyl (C=O) groups excluding carboxylic acids is 3. The molecule has 1 atom stereocenters. The average Bonchev–Trinajstić information content (AvgIpc) is 3.23. The van der Waals surface area contributed by atoms with Crippen LogP contribution in [-0.2, 0) is 16.1 Å². The van der Waals surface area contributed by atoms with Crippen molar-refractivity contribution in [1.29, 1.82) is 0 Å². The first-order valence-corrected chi connectivity index (χ1v) is 9.52. The second-order valence-electron chi connectivity index (χ2n) is 7.77. The number of carbonyl (C=O) groups is 3. The molecule has 1 spiro atoms. The van der Waals surface area contributed by atoms with E-state index in [2.05, 4.69) is 5.32 Å². The molecule has 7 nitrogen and oxygen atoms in total. The number of furan rings is 1. The van der Waals surface area contributed by atoms with Crippen molar-refractivity contribution >= 4 is 17.8 Å². The van der Waals surface area contributed by atoms with E-state index in [0.717, 1.165) is 44.3 Å². The number of amides is 4. The molecule has 4 amide bonds. The molecule has 1 unspecified atom stereocenters. The number of rotatable bonds is 4. The normalized spacial score (nSPS) is 25.8. The van der Waals surface area contributed by atoms with Crippen LogP contribution in [0.25, 0.3) is 0 Å². The van der Waals surface area contributed by atoms with Crippen molar-refractivity contribution in [1.82, 2.24) is 15.1 Å². The number of hydrogen-bond acceptors (Lipinski definition) is 4. The van der Waals surface area contributed by atoms with Crippen molar-refractivity contribution in [3.8, 4) is 0 Å². The number of urea groups is 1. The van der Waals surface area contributed by atoms with Crippen LogP contribution < -0.4 is 5.32 Å². The zero-order chi connectivity index (χ0) is 18.1. The lowest BCUT2D eigenvalue weighted by Gasteiger charge is -2.25. The van der Waals surface area contributed by atoms with Gasteiger partial charge in [-0.2, -0.15) is 0 Å². The van der Waals surface area contributed by atoms with E-state index in [0.29, 0.717) is 26.1 Å². The molecular weight excluding hydrogens is 334 g/mol. The first-order valence-electron chi connectivity index (χ1n) is 9.52. The molecular formula is C19H25N3O4. The van der Waals surface area contributed by atoms with Gasteiger partial charge < -0.3 is 14.6 Å². The zero-order valence-electron chi connectivity index (χ0n) is 14.9. The fourth-order valence-electron chi connectivity index (χ4n) is 4.49. The van der Waals surface area contributed by atoms with Crippen LogP contribution in [0.1, 0.15) is 50.7 Å². The van der Waals surface area contributed by atoms with Crippen LogP contribution in [0.4, 0.5) is 4.79 Å². The molecule has 2 aliphatic heterocycles. The topological polar surface area (TPSA) is 82.9 Å². The van der Waals surface area contributed by atoms with Gasteiger partial charge in [-0.25, -0.2) is 4.79 Å². The molecule has 3 fully saturated rings. The number of nitrogens with one attached hydrogen (secondary N) is 1. The first kappa shape index (κ1) is 17.1. The molecule has 1 aliphatic carbocycles. The summed E-state index contributed by atoms with van der Waals surface area (Å²) in [5.74, 6) is 0.670. The lowest BCUT2D eigenvalue weighted by molar-refractivity contribution is -0.132. The van der Waals surface area contributed by atoms with Gasteiger partial charge >= 0.3 is 6.03 Å². The van der Waals surface area contributed by atoms with E-state index in [1.807, 2.05) is 6.07 Å². The fourth-order valence-corrected chi connectivity index (χ4v) is 4.49. The third-order valence-corrected chi connectivity index (χ3v) is 5.87. The van der Waals surface area contributed by atoms with E-state index in [1.165, 1.54) is 4.90 Å². The van der Waals surface area contributed by atoms with Crippen molar-refractivity contribution in [2.24, 2.45) is 5.92 Å². The van der Waals surface area contributed by atoms with Gasteiger partial charge in [0, 0.05) is 25.4 Å². The highest BCUT2D eigenvalue weighted by Gasteiger charge is 2.51. The highest BCUT2D eigenvalue weighted by atomic mass is 16.3. The molecule has 0 bridgehead atoms. The van der Waals surface area contributed by atoms with Crippen LogP contribution in [0.15, 0.2) is 22.8 Å². The van der Waals surface area contributed by atoms with Gasteiger partial charge in [-0.15, -0.1) is 0 Å². The van der Waals surface area contributed by atoms with Gasteiger partial charge in [-0.1, -0.05) is 25.7 Å². The minimum atomic E-state index is -0.704. The monoisotopic (exact) mass is 359 g/mol. The third kappa shape index (κ3) is 3.10. The van der Waals surface area contributed by atoms with Gasteiger partial charge in [0.2, 0.25) is 5.91 Å². The van der Waals surface area contributed by atoms with Gasteiger partial charge in [0.25, 0.3) is 5.91 Å². The summed E-state index contributed by atoms with van der Waals surface area (Å²) in [6, 6.07) is 3.34. The summed E-state index contributed by atoms with van der Waals surface area (Å²) in [5, 5.41) is 2.97. The van der Waals surface area contributed by atoms with E-state index in [1.54, 1.807) is 17.2 Å². The zero-order valence-corrected chi connectivity index (χ0v) is 14.9. The molecule has 1 aromatic heterocycles. The molecule has 3 heterocycles. The quantitative estimate of drug-likeness (QED) is 0.836. The molecule has 26 heavy (non-hydrogen) atoms. The second-order valence-corrected chi connectivity index (χ2v) is 7.77. The van der Waals surface area contributed by atoms with Crippen LogP contribution in [0, 0.1) is 5.92 Å². The Hall–Kier alpha value is -2.31. The van der Waals surface area contributed by atoms with Crippen molar-refractivity contribution in [2.45, 2.75) is 57.0 Å². The van der Waals surface area contributed by atoms with Crippen molar-refractivity contribution in [2.75, 3.05) is 13.1 Å². The highest BCUT2D eigenvalue weighted by molar-refractivity contribution is 6.07. The standard InChI is InChI=1S/C19H25N3O4/c23-16-10-14(11-21(16)13-15-6-5-9-26-15)12-22-17(24)19(20-18(22)25)7-3-1-2-4-8-19/h5-6,9,14H,1-4,7-8,10-13H2,(H,20,25). The maximum atomic E-state index is 13.0. The second kappa shape index (κ2) is 6.78. The highest BCUT2D eigenvalue weighted by Crippen LogP contribution is 2.33. The SMILES string of the molecule is O=C1CC(CN2C(=O)NC3(CCCCCC3)C2=O)CN1Cc1ccco1. The lowest BCUT2D eigenvalue weighted by atomic mass is 9.90. The molecule has 3 aliphatic rings. The molecule has 1 saturated carbocycles. The summed E-state index contributed by atoms with van der Waals surface area (Å²) in [4.78, 5) is 40.8. The molecule has 7 heteroatoms. The van der Waals surface area contributed by atoms with Crippen LogP contribution >= 0.6 is 0 Å². The van der Waals surface area contributed by atoms with Crippen molar-refractivity contribution in [3.63, 3.8) is 0 Å². The lowest BCUT2D eigenvalue weighted by Crippen LogP contribution is -2.46. The Labute approximate surface area is 152 Å². The molecule has 2 saturated heterocycles. The van der Waals surface area contributed by atoms with Gasteiger partial charge in [0.15, 0.2) is 0 Å². The maximum absolute atomic E-state index is 13.0. The number of nitrogens with zero attached hydrogens (tertiary/aromatic N) is 2. The fraction of sp³-hybridized carbons (Fsp3) is 0.632. The Kier molecular flexibility index (Phi) is 4.46. The summed E-state index contributed by atoms with van der Waals surface area (Å²) < 4.78 is 5.31. The van der Waals surface area contributed by atoms with Crippen LogP contribution in [-0.4, -0.2) is 46.3 Å². The summed E-state index contributed by atoms with van der Waals surface area (Å²) >= 11 is 0. The Morgan fingerprint density at radius 1 is 1.15 bits per heavy atom. The van der Waals surface area contributed by atoms with Crippen LogP contribution in [0.5, 0.6) is 0 Å².